The Labute approximate surface area is 173 Å². The van der Waals surface area contributed by atoms with Gasteiger partial charge in [-0.2, -0.15) is 0 Å². The Bertz CT molecular complexity index is 1150. The summed E-state index contributed by atoms with van der Waals surface area (Å²) in [5.41, 5.74) is 4.20. The van der Waals surface area contributed by atoms with Crippen molar-refractivity contribution < 1.29 is 4.39 Å². The van der Waals surface area contributed by atoms with Crippen molar-refractivity contribution in [3.05, 3.63) is 69.5 Å². The first-order valence-electron chi connectivity index (χ1n) is 10.3. The lowest BCUT2D eigenvalue weighted by molar-refractivity contribution is 0.236. The number of hydrogen-bond donors (Lipinski definition) is 2. The van der Waals surface area contributed by atoms with Crippen molar-refractivity contribution in [1.29, 1.82) is 0 Å². The number of fused-ring (bicyclic) bond motifs is 1. The van der Waals surface area contributed by atoms with Gasteiger partial charge in [0.1, 0.15) is 11.6 Å². The van der Waals surface area contributed by atoms with Crippen LogP contribution in [0, 0.1) is 5.82 Å². The van der Waals surface area contributed by atoms with Gasteiger partial charge in [0.15, 0.2) is 5.82 Å². The highest BCUT2D eigenvalue weighted by molar-refractivity contribution is 5.97. The van der Waals surface area contributed by atoms with E-state index < -0.39 is 0 Å². The highest BCUT2D eigenvalue weighted by Crippen LogP contribution is 2.20. The van der Waals surface area contributed by atoms with Crippen LogP contribution in [0.25, 0.3) is 11.3 Å². The molecule has 0 amide bonds. The molecule has 0 radical (unpaired) electrons. The summed E-state index contributed by atoms with van der Waals surface area (Å²) in [7, 11) is 0. The molecule has 4 heterocycles. The van der Waals surface area contributed by atoms with Crippen LogP contribution in [0.3, 0.4) is 0 Å². The summed E-state index contributed by atoms with van der Waals surface area (Å²) >= 11 is 0. The van der Waals surface area contributed by atoms with Gasteiger partial charge in [-0.15, -0.1) is 0 Å². The number of aliphatic imine (C=N–C) groups is 1. The van der Waals surface area contributed by atoms with Crippen molar-refractivity contribution >= 4 is 5.71 Å². The molecule has 0 unspecified atom stereocenters. The van der Waals surface area contributed by atoms with E-state index in [2.05, 4.69) is 24.8 Å². The smallest absolute Gasteiger partial charge is 0.255 e. The predicted octanol–water partition coefficient (Wildman–Crippen LogP) is 2.83. The fourth-order valence-electron chi connectivity index (χ4n) is 4.07. The van der Waals surface area contributed by atoms with Crippen LogP contribution in [0.2, 0.25) is 0 Å². The molecule has 30 heavy (non-hydrogen) atoms. The van der Waals surface area contributed by atoms with E-state index in [0.29, 0.717) is 18.9 Å². The summed E-state index contributed by atoms with van der Waals surface area (Å²) in [5, 5.41) is 0. The zero-order valence-corrected chi connectivity index (χ0v) is 16.6. The van der Waals surface area contributed by atoms with E-state index in [1.54, 1.807) is 18.3 Å². The quantitative estimate of drug-likeness (QED) is 0.697. The maximum Gasteiger partial charge on any atom is 0.255 e. The molecule has 1 aromatic carbocycles. The first-order valence-corrected chi connectivity index (χ1v) is 10.3. The minimum absolute atomic E-state index is 0.0700. The van der Waals surface area contributed by atoms with Crippen LogP contribution in [0.1, 0.15) is 42.2 Å². The van der Waals surface area contributed by atoms with Gasteiger partial charge in [0.2, 0.25) is 0 Å². The molecule has 5 rings (SSSR count). The van der Waals surface area contributed by atoms with Gasteiger partial charge in [0.05, 0.1) is 35.4 Å². The summed E-state index contributed by atoms with van der Waals surface area (Å²) in [6.07, 6.45) is 5.56. The van der Waals surface area contributed by atoms with Gasteiger partial charge in [-0.25, -0.2) is 14.4 Å². The second-order valence-corrected chi connectivity index (χ2v) is 7.84. The van der Waals surface area contributed by atoms with Crippen molar-refractivity contribution in [1.82, 2.24) is 24.8 Å². The molecule has 0 saturated heterocycles. The van der Waals surface area contributed by atoms with Gasteiger partial charge in [-0.3, -0.25) is 14.7 Å². The first kappa shape index (κ1) is 18.9. The van der Waals surface area contributed by atoms with E-state index >= 15 is 0 Å². The Balaban J connectivity index is 1.31. The average Bonchev–Trinajstić information content (AvgIpc) is 3.23. The van der Waals surface area contributed by atoms with E-state index in [1.807, 2.05) is 0 Å². The van der Waals surface area contributed by atoms with E-state index in [0.717, 1.165) is 72.8 Å². The first-order chi connectivity index (χ1) is 14.7. The fraction of sp³-hybridized carbons (Fsp3) is 0.364. The van der Waals surface area contributed by atoms with Crippen LogP contribution in [0.5, 0.6) is 0 Å². The molecule has 3 aromatic rings. The van der Waals surface area contributed by atoms with Crippen molar-refractivity contribution in [2.45, 2.75) is 38.8 Å². The number of halogens is 1. The molecule has 154 valence electrons. The zero-order valence-electron chi connectivity index (χ0n) is 16.6. The van der Waals surface area contributed by atoms with E-state index in [1.165, 1.54) is 12.1 Å². The van der Waals surface area contributed by atoms with Gasteiger partial charge in [0, 0.05) is 26.1 Å². The largest absolute Gasteiger partial charge is 0.341 e. The summed E-state index contributed by atoms with van der Waals surface area (Å²) in [4.78, 5) is 34.8. The van der Waals surface area contributed by atoms with Crippen LogP contribution in [0.15, 0.2) is 40.2 Å². The number of nitrogens with one attached hydrogen (secondary N) is 2. The molecule has 0 atom stereocenters. The number of benzene rings is 1. The predicted molar refractivity (Wildman–Crippen MR) is 112 cm³/mol. The van der Waals surface area contributed by atoms with Crippen LogP contribution in [-0.2, 0) is 19.5 Å². The minimum Gasteiger partial charge on any atom is -0.341 e. The van der Waals surface area contributed by atoms with Crippen LogP contribution < -0.4 is 5.56 Å². The Hall–Kier alpha value is -3.13. The minimum atomic E-state index is -0.261. The Morgan fingerprint density at radius 2 is 1.97 bits per heavy atom. The number of nitrogens with zero attached hydrogens (tertiary/aromatic N) is 4. The molecule has 0 fully saturated rings. The highest BCUT2D eigenvalue weighted by Gasteiger charge is 2.23. The Morgan fingerprint density at radius 3 is 2.77 bits per heavy atom. The summed E-state index contributed by atoms with van der Waals surface area (Å²) in [6, 6.07) is 6.32. The lowest BCUT2D eigenvalue weighted by Crippen LogP contribution is -2.36. The molecule has 0 aliphatic carbocycles. The third-order valence-electron chi connectivity index (χ3n) is 5.70. The number of hydrogen-bond acceptors (Lipinski definition) is 5. The van der Waals surface area contributed by atoms with Gasteiger partial charge < -0.3 is 9.97 Å². The number of imidazole rings is 1. The molecule has 8 heteroatoms. The van der Waals surface area contributed by atoms with Gasteiger partial charge in [-0.1, -0.05) is 0 Å². The molecule has 0 spiro atoms. The molecule has 7 nitrogen and oxygen atoms in total. The summed E-state index contributed by atoms with van der Waals surface area (Å²) in [6.45, 7) is 2.76. The number of rotatable bonds is 4. The second kappa shape index (κ2) is 7.95. The second-order valence-electron chi connectivity index (χ2n) is 7.84. The number of H-pyrrole nitrogens is 2. The highest BCUT2D eigenvalue weighted by atomic mass is 19.1. The summed E-state index contributed by atoms with van der Waals surface area (Å²) < 4.78 is 13.1. The molecule has 0 bridgehead atoms. The van der Waals surface area contributed by atoms with Crippen molar-refractivity contribution in [3.63, 3.8) is 0 Å². The molecular formula is C22H23FN6O. The number of aromatic amines is 2. The maximum absolute atomic E-state index is 13.1. The molecule has 0 saturated carbocycles. The number of aromatic nitrogens is 4. The standard InChI is InChI=1S/C22H23FN6O/c23-15-6-4-14(5-7-15)19-11-25-20(26-19)13-29-10-8-17-16(12-29)22(30)28-21(27-17)18-3-1-2-9-24-18/h4-7,11H,1-3,8-10,12-13H2,(H,25,26)(H,27,28,30). The topological polar surface area (TPSA) is 90.0 Å². The van der Waals surface area contributed by atoms with Gasteiger partial charge >= 0.3 is 0 Å². The molecule has 2 N–H and O–H groups in total. The van der Waals surface area contributed by atoms with Gasteiger partial charge in [-0.05, 0) is 49.1 Å². The van der Waals surface area contributed by atoms with E-state index in [9.17, 15) is 9.18 Å². The SMILES string of the molecule is O=c1[nH]c(C2=NCCCC2)nc2c1CN(Cc1ncc(-c3ccc(F)cc3)[nH]1)CC2. The van der Waals surface area contributed by atoms with Crippen molar-refractivity contribution in [2.75, 3.05) is 13.1 Å². The zero-order chi connectivity index (χ0) is 20.5. The third kappa shape index (κ3) is 3.82. The molecule has 2 aliphatic rings. The molecule has 2 aliphatic heterocycles. The summed E-state index contributed by atoms with van der Waals surface area (Å²) in [5.74, 6) is 1.19. The average molecular weight is 406 g/mol. The van der Waals surface area contributed by atoms with E-state index in [-0.39, 0.29) is 11.4 Å². The Kier molecular flexibility index (Phi) is 5.00. The van der Waals surface area contributed by atoms with Crippen LogP contribution >= 0.6 is 0 Å². The van der Waals surface area contributed by atoms with Crippen LogP contribution in [0.4, 0.5) is 4.39 Å². The van der Waals surface area contributed by atoms with Crippen molar-refractivity contribution in [2.24, 2.45) is 4.99 Å². The van der Waals surface area contributed by atoms with Crippen LogP contribution in [-0.4, -0.2) is 43.6 Å². The third-order valence-corrected chi connectivity index (χ3v) is 5.70. The van der Waals surface area contributed by atoms with Gasteiger partial charge in [0.25, 0.3) is 5.56 Å². The molecule has 2 aromatic heterocycles. The van der Waals surface area contributed by atoms with E-state index in [4.69, 9.17) is 4.98 Å². The maximum atomic E-state index is 13.1. The van der Waals surface area contributed by atoms with Crippen molar-refractivity contribution in [3.8, 4) is 11.3 Å². The monoisotopic (exact) mass is 406 g/mol. The lowest BCUT2D eigenvalue weighted by Gasteiger charge is -2.27. The molecular weight excluding hydrogens is 383 g/mol. The normalized spacial score (nSPS) is 16.9. The lowest BCUT2D eigenvalue weighted by atomic mass is 10.1. The fourth-order valence-corrected chi connectivity index (χ4v) is 4.07. The Morgan fingerprint density at radius 1 is 1.10 bits per heavy atom.